The van der Waals surface area contributed by atoms with Crippen molar-refractivity contribution in [3.63, 3.8) is 0 Å². The largest absolute Gasteiger partial charge is 0.300 e. The van der Waals surface area contributed by atoms with E-state index in [0.717, 1.165) is 0 Å². The number of piperidine rings is 2. The van der Waals surface area contributed by atoms with Crippen LogP contribution in [-0.2, 0) is 0 Å². The number of allylic oxidation sites excluding steroid dienone is 2. The molecule has 0 aromatic heterocycles. The summed E-state index contributed by atoms with van der Waals surface area (Å²) in [6.07, 6.45) is 26.2. The van der Waals surface area contributed by atoms with Crippen molar-refractivity contribution >= 4 is 0 Å². The molecule has 0 radical (unpaired) electrons. The average molecular weight is 333 g/mol. The summed E-state index contributed by atoms with van der Waals surface area (Å²) < 4.78 is 0. The highest BCUT2D eigenvalue weighted by molar-refractivity contribution is 4.86. The Bertz CT molecular complexity index is 302. The van der Waals surface area contributed by atoms with Gasteiger partial charge < -0.3 is 0 Å². The Hall–Kier alpha value is -0.600. The maximum atomic E-state index is 2.59. The molecule has 2 heteroatoms. The zero-order valence-corrected chi connectivity index (χ0v) is 15.9. The van der Waals surface area contributed by atoms with Crippen LogP contribution in [0, 0.1) is 0 Å². The summed E-state index contributed by atoms with van der Waals surface area (Å²) in [6.45, 7) is 7.63. The lowest BCUT2D eigenvalue weighted by Gasteiger charge is -2.24. The molecular weight excluding hydrogens is 292 g/mol. The van der Waals surface area contributed by atoms with Gasteiger partial charge in [-0.05, 0) is 77.5 Å². The van der Waals surface area contributed by atoms with E-state index in [9.17, 15) is 0 Å². The molecule has 2 aliphatic heterocycles. The van der Waals surface area contributed by atoms with E-state index in [1.807, 2.05) is 0 Å². The SMILES string of the molecule is C(=CCN1CCCCC1)CCCCCCC=CCN1CCCCC1. The Balaban J connectivity index is 1.33. The molecule has 0 atom stereocenters. The summed E-state index contributed by atoms with van der Waals surface area (Å²) in [5, 5.41) is 0. The molecule has 0 bridgehead atoms. The van der Waals surface area contributed by atoms with Gasteiger partial charge >= 0.3 is 0 Å². The topological polar surface area (TPSA) is 6.48 Å². The molecule has 0 N–H and O–H groups in total. The van der Waals surface area contributed by atoms with Crippen LogP contribution in [-0.4, -0.2) is 49.1 Å². The second-order valence-electron chi connectivity index (χ2n) is 7.66. The number of rotatable bonds is 11. The molecule has 2 fully saturated rings. The lowest BCUT2D eigenvalue weighted by molar-refractivity contribution is 0.251. The summed E-state index contributed by atoms with van der Waals surface area (Å²) in [6, 6.07) is 0. The Morgan fingerprint density at radius 3 is 1.29 bits per heavy atom. The van der Waals surface area contributed by atoms with Gasteiger partial charge in [-0.3, -0.25) is 9.80 Å². The summed E-state index contributed by atoms with van der Waals surface area (Å²) >= 11 is 0. The molecule has 138 valence electrons. The van der Waals surface area contributed by atoms with E-state index < -0.39 is 0 Å². The molecule has 2 aliphatic rings. The van der Waals surface area contributed by atoms with Gasteiger partial charge in [-0.25, -0.2) is 0 Å². The predicted octanol–water partition coefficient (Wildman–Crippen LogP) is 5.41. The first-order valence-electron chi connectivity index (χ1n) is 10.7. The number of likely N-dealkylation sites (tertiary alicyclic amines) is 2. The molecule has 24 heavy (non-hydrogen) atoms. The zero-order chi connectivity index (χ0) is 16.7. The number of unbranched alkanes of at least 4 members (excludes halogenated alkanes) is 5. The first kappa shape index (κ1) is 19.7. The van der Waals surface area contributed by atoms with Crippen LogP contribution in [0.15, 0.2) is 24.3 Å². The molecule has 0 spiro atoms. The standard InChI is InChI=1S/C22H40N2/c1(3-5-7-11-17-23-19-13-9-14-20-23)2-4-6-8-12-18-24-21-15-10-16-22-24/h7-8,11-12H,1-6,9-10,13-22H2. The third kappa shape index (κ3) is 9.64. The summed E-state index contributed by atoms with van der Waals surface area (Å²) in [7, 11) is 0. The third-order valence-electron chi connectivity index (χ3n) is 5.45. The fourth-order valence-electron chi connectivity index (χ4n) is 3.84. The van der Waals surface area contributed by atoms with Crippen LogP contribution in [0.25, 0.3) is 0 Å². The van der Waals surface area contributed by atoms with Gasteiger partial charge in [0.25, 0.3) is 0 Å². The summed E-state index contributed by atoms with van der Waals surface area (Å²) in [5.74, 6) is 0. The van der Waals surface area contributed by atoms with Crippen molar-refractivity contribution in [3.8, 4) is 0 Å². The van der Waals surface area contributed by atoms with Crippen molar-refractivity contribution in [1.29, 1.82) is 0 Å². The van der Waals surface area contributed by atoms with Gasteiger partial charge in [0.2, 0.25) is 0 Å². The van der Waals surface area contributed by atoms with Gasteiger partial charge in [-0.15, -0.1) is 0 Å². The molecule has 0 aromatic rings. The molecule has 0 saturated carbocycles. The van der Waals surface area contributed by atoms with Crippen molar-refractivity contribution in [2.75, 3.05) is 39.3 Å². The van der Waals surface area contributed by atoms with Gasteiger partial charge in [0.1, 0.15) is 0 Å². The number of nitrogens with zero attached hydrogens (tertiary/aromatic N) is 2. The molecule has 2 heterocycles. The van der Waals surface area contributed by atoms with E-state index in [-0.39, 0.29) is 0 Å². The highest BCUT2D eigenvalue weighted by Crippen LogP contribution is 2.10. The van der Waals surface area contributed by atoms with Gasteiger partial charge in [-0.1, -0.05) is 50.0 Å². The fourth-order valence-corrected chi connectivity index (χ4v) is 3.84. The lowest BCUT2D eigenvalue weighted by Crippen LogP contribution is -2.29. The number of hydrogen-bond acceptors (Lipinski definition) is 2. The minimum Gasteiger partial charge on any atom is -0.300 e. The normalized spacial score (nSPS) is 21.2. The second-order valence-corrected chi connectivity index (χ2v) is 7.66. The minimum absolute atomic E-state index is 1.18. The van der Waals surface area contributed by atoms with Crippen molar-refractivity contribution in [1.82, 2.24) is 9.80 Å². The van der Waals surface area contributed by atoms with Crippen LogP contribution in [0.1, 0.15) is 77.0 Å². The maximum Gasteiger partial charge on any atom is 0.0163 e. The monoisotopic (exact) mass is 332 g/mol. The highest BCUT2D eigenvalue weighted by Gasteiger charge is 2.07. The van der Waals surface area contributed by atoms with Crippen LogP contribution in [0.5, 0.6) is 0 Å². The van der Waals surface area contributed by atoms with Crippen molar-refractivity contribution < 1.29 is 0 Å². The predicted molar refractivity (Wildman–Crippen MR) is 107 cm³/mol. The van der Waals surface area contributed by atoms with Gasteiger partial charge in [0.15, 0.2) is 0 Å². The van der Waals surface area contributed by atoms with Crippen molar-refractivity contribution in [2.24, 2.45) is 0 Å². The van der Waals surface area contributed by atoms with Crippen LogP contribution in [0.2, 0.25) is 0 Å². The first-order chi connectivity index (χ1) is 11.9. The molecule has 0 aliphatic carbocycles. The van der Waals surface area contributed by atoms with Crippen LogP contribution in [0.4, 0.5) is 0 Å². The lowest BCUT2D eigenvalue weighted by atomic mass is 10.1. The molecule has 2 rings (SSSR count). The fraction of sp³-hybridized carbons (Fsp3) is 0.818. The summed E-state index contributed by atoms with van der Waals surface area (Å²) in [5.41, 5.74) is 0. The van der Waals surface area contributed by atoms with Gasteiger partial charge in [-0.2, -0.15) is 0 Å². The van der Waals surface area contributed by atoms with Crippen molar-refractivity contribution in [2.45, 2.75) is 77.0 Å². The Kier molecular flexibility index (Phi) is 11.2. The second kappa shape index (κ2) is 13.7. The van der Waals surface area contributed by atoms with Crippen LogP contribution >= 0.6 is 0 Å². The van der Waals surface area contributed by atoms with Crippen LogP contribution in [0.3, 0.4) is 0 Å². The average Bonchev–Trinajstić information content (AvgIpc) is 2.64. The molecule has 2 nitrogen and oxygen atoms in total. The smallest absolute Gasteiger partial charge is 0.0163 e. The van der Waals surface area contributed by atoms with E-state index in [0.29, 0.717) is 0 Å². The molecular formula is C22H40N2. The van der Waals surface area contributed by atoms with E-state index >= 15 is 0 Å². The van der Waals surface area contributed by atoms with Gasteiger partial charge in [0.05, 0.1) is 0 Å². The highest BCUT2D eigenvalue weighted by atomic mass is 15.1. The van der Waals surface area contributed by atoms with Gasteiger partial charge in [0, 0.05) is 13.1 Å². The summed E-state index contributed by atoms with van der Waals surface area (Å²) in [4.78, 5) is 5.19. The van der Waals surface area contributed by atoms with E-state index in [1.165, 1.54) is 116 Å². The molecule has 2 saturated heterocycles. The Morgan fingerprint density at radius 2 is 0.875 bits per heavy atom. The molecule has 0 amide bonds. The Labute approximate surface area is 151 Å². The Morgan fingerprint density at radius 1 is 0.458 bits per heavy atom. The number of hydrogen-bond donors (Lipinski definition) is 0. The van der Waals surface area contributed by atoms with E-state index in [2.05, 4.69) is 34.1 Å². The zero-order valence-electron chi connectivity index (χ0n) is 15.9. The first-order valence-corrected chi connectivity index (χ1v) is 10.7. The van der Waals surface area contributed by atoms with Crippen molar-refractivity contribution in [3.05, 3.63) is 24.3 Å². The third-order valence-corrected chi connectivity index (χ3v) is 5.45. The molecule has 0 unspecified atom stereocenters. The maximum absolute atomic E-state index is 2.59. The minimum atomic E-state index is 1.18. The van der Waals surface area contributed by atoms with E-state index in [4.69, 9.17) is 0 Å². The van der Waals surface area contributed by atoms with Crippen LogP contribution < -0.4 is 0 Å². The van der Waals surface area contributed by atoms with E-state index in [1.54, 1.807) is 0 Å². The quantitative estimate of drug-likeness (QED) is 0.368. The molecule has 0 aromatic carbocycles.